The van der Waals surface area contributed by atoms with Gasteiger partial charge in [-0.1, -0.05) is 41.2 Å². The first-order chi connectivity index (χ1) is 12.5. The Morgan fingerprint density at radius 1 is 1.27 bits per heavy atom. The predicted octanol–water partition coefficient (Wildman–Crippen LogP) is 5.86. The van der Waals surface area contributed by atoms with Gasteiger partial charge in [-0.2, -0.15) is 4.98 Å². The molecule has 1 saturated carbocycles. The van der Waals surface area contributed by atoms with Crippen LogP contribution in [0.3, 0.4) is 0 Å². The number of aryl methyl sites for hydroxylation is 1. The standard InChI is InChI=1S/C19H19Cl2N3O2/c1-10(3-4-12-5-6-12)25-19-18-17(22-11(2)23-19)16(24-26-18)14-8-7-13(20)9-15(14)21/h7-10,12H,3-6H2,1-2H3. The topological polar surface area (TPSA) is 61.0 Å². The molecule has 0 spiro atoms. The number of hydrogen-bond donors (Lipinski definition) is 0. The summed E-state index contributed by atoms with van der Waals surface area (Å²) in [6, 6.07) is 5.23. The summed E-state index contributed by atoms with van der Waals surface area (Å²) < 4.78 is 11.6. The fourth-order valence-electron chi connectivity index (χ4n) is 2.98. The Morgan fingerprint density at radius 3 is 2.81 bits per heavy atom. The molecular weight excluding hydrogens is 373 g/mol. The lowest BCUT2D eigenvalue weighted by molar-refractivity contribution is 0.195. The van der Waals surface area contributed by atoms with E-state index in [-0.39, 0.29) is 6.10 Å². The summed E-state index contributed by atoms with van der Waals surface area (Å²) in [4.78, 5) is 8.90. The maximum atomic E-state index is 6.32. The van der Waals surface area contributed by atoms with Crippen molar-refractivity contribution in [1.82, 2.24) is 15.1 Å². The first-order valence-electron chi connectivity index (χ1n) is 8.77. The molecule has 5 nitrogen and oxygen atoms in total. The molecule has 1 aromatic carbocycles. The Balaban J connectivity index is 1.68. The zero-order chi connectivity index (χ0) is 18.3. The van der Waals surface area contributed by atoms with Gasteiger partial charge in [-0.3, -0.25) is 0 Å². The maximum Gasteiger partial charge on any atom is 0.265 e. The molecule has 2 aromatic heterocycles. The largest absolute Gasteiger partial charge is 0.472 e. The SMILES string of the molecule is Cc1nc(OC(C)CCC2CC2)c2onc(-c3ccc(Cl)cc3Cl)c2n1. The van der Waals surface area contributed by atoms with Gasteiger partial charge in [0.25, 0.3) is 5.88 Å². The first-order valence-corrected chi connectivity index (χ1v) is 9.53. The Morgan fingerprint density at radius 2 is 2.08 bits per heavy atom. The Kier molecular flexibility index (Phi) is 4.76. The Bertz CT molecular complexity index is 953. The zero-order valence-electron chi connectivity index (χ0n) is 14.6. The van der Waals surface area contributed by atoms with Crippen molar-refractivity contribution in [2.75, 3.05) is 0 Å². The van der Waals surface area contributed by atoms with E-state index >= 15 is 0 Å². The predicted molar refractivity (Wildman–Crippen MR) is 102 cm³/mol. The molecule has 2 heterocycles. The van der Waals surface area contributed by atoms with Crippen LogP contribution in [-0.4, -0.2) is 21.2 Å². The Hall–Kier alpha value is -1.85. The molecule has 7 heteroatoms. The summed E-state index contributed by atoms with van der Waals surface area (Å²) in [7, 11) is 0. The van der Waals surface area contributed by atoms with Gasteiger partial charge in [-0.05, 0) is 50.8 Å². The van der Waals surface area contributed by atoms with E-state index in [1.807, 2.05) is 6.92 Å². The molecule has 0 N–H and O–H groups in total. The van der Waals surface area contributed by atoms with Crippen LogP contribution in [0.25, 0.3) is 22.4 Å². The number of aromatic nitrogens is 3. The third kappa shape index (κ3) is 3.64. The summed E-state index contributed by atoms with van der Waals surface area (Å²) in [5.41, 5.74) is 2.30. The highest BCUT2D eigenvalue weighted by Gasteiger charge is 2.24. The van der Waals surface area contributed by atoms with Gasteiger partial charge in [0, 0.05) is 10.6 Å². The van der Waals surface area contributed by atoms with Gasteiger partial charge < -0.3 is 9.26 Å². The van der Waals surface area contributed by atoms with Crippen LogP contribution < -0.4 is 4.74 Å². The highest BCUT2D eigenvalue weighted by Crippen LogP contribution is 2.37. The number of halogens is 2. The van der Waals surface area contributed by atoms with E-state index in [4.69, 9.17) is 32.5 Å². The Labute approximate surface area is 161 Å². The lowest BCUT2D eigenvalue weighted by Crippen LogP contribution is -2.13. The van der Waals surface area contributed by atoms with E-state index in [9.17, 15) is 0 Å². The van der Waals surface area contributed by atoms with Crippen molar-refractivity contribution >= 4 is 34.3 Å². The molecular formula is C19H19Cl2N3O2. The molecule has 1 aliphatic rings. The summed E-state index contributed by atoms with van der Waals surface area (Å²) in [5, 5.41) is 5.22. The van der Waals surface area contributed by atoms with Gasteiger partial charge in [0.2, 0.25) is 5.58 Å². The number of rotatable bonds is 6. The molecule has 3 aromatic rings. The monoisotopic (exact) mass is 391 g/mol. The average Bonchev–Trinajstić information content (AvgIpc) is 3.32. The van der Waals surface area contributed by atoms with E-state index in [1.54, 1.807) is 18.2 Å². The molecule has 1 aliphatic carbocycles. The molecule has 1 unspecified atom stereocenters. The maximum absolute atomic E-state index is 6.32. The third-order valence-corrected chi connectivity index (χ3v) is 5.12. The molecule has 1 fully saturated rings. The molecule has 0 amide bonds. The van der Waals surface area contributed by atoms with E-state index in [0.717, 1.165) is 12.3 Å². The van der Waals surface area contributed by atoms with Crippen molar-refractivity contribution in [2.24, 2.45) is 5.92 Å². The average molecular weight is 392 g/mol. The van der Waals surface area contributed by atoms with Gasteiger partial charge in [-0.25, -0.2) is 4.98 Å². The van der Waals surface area contributed by atoms with E-state index in [2.05, 4.69) is 22.0 Å². The molecule has 4 rings (SSSR count). The van der Waals surface area contributed by atoms with Crippen LogP contribution in [0.2, 0.25) is 10.0 Å². The van der Waals surface area contributed by atoms with E-state index < -0.39 is 0 Å². The van der Waals surface area contributed by atoms with Crippen LogP contribution in [0.4, 0.5) is 0 Å². The number of ether oxygens (including phenoxy) is 1. The van der Waals surface area contributed by atoms with Crippen LogP contribution in [0, 0.1) is 12.8 Å². The van der Waals surface area contributed by atoms with Crippen molar-refractivity contribution in [2.45, 2.75) is 45.6 Å². The fraction of sp³-hybridized carbons (Fsp3) is 0.421. The van der Waals surface area contributed by atoms with Gasteiger partial charge in [0.05, 0.1) is 11.1 Å². The molecule has 0 radical (unpaired) electrons. The number of hydrogen-bond acceptors (Lipinski definition) is 5. The van der Waals surface area contributed by atoms with Crippen LogP contribution in [0.1, 0.15) is 38.4 Å². The van der Waals surface area contributed by atoms with Crippen molar-refractivity contribution in [3.8, 4) is 17.1 Å². The second kappa shape index (κ2) is 7.05. The van der Waals surface area contributed by atoms with Crippen molar-refractivity contribution in [1.29, 1.82) is 0 Å². The minimum absolute atomic E-state index is 0.0563. The quantitative estimate of drug-likeness (QED) is 0.526. The molecule has 26 heavy (non-hydrogen) atoms. The van der Waals surface area contributed by atoms with Gasteiger partial charge in [-0.15, -0.1) is 0 Å². The molecule has 1 atom stereocenters. The van der Waals surface area contributed by atoms with Crippen LogP contribution in [0.15, 0.2) is 22.7 Å². The van der Waals surface area contributed by atoms with Gasteiger partial charge in [0.1, 0.15) is 17.0 Å². The summed E-state index contributed by atoms with van der Waals surface area (Å²) in [5.74, 6) is 1.90. The number of nitrogens with zero attached hydrogens (tertiary/aromatic N) is 3. The highest BCUT2D eigenvalue weighted by atomic mass is 35.5. The molecule has 0 saturated heterocycles. The minimum atomic E-state index is 0.0563. The molecule has 0 aliphatic heterocycles. The lowest BCUT2D eigenvalue weighted by Gasteiger charge is -2.13. The first kappa shape index (κ1) is 17.6. The van der Waals surface area contributed by atoms with Gasteiger partial charge in [0.15, 0.2) is 0 Å². The third-order valence-electron chi connectivity index (χ3n) is 4.58. The van der Waals surface area contributed by atoms with E-state index in [1.165, 1.54) is 19.3 Å². The molecule has 136 valence electrons. The van der Waals surface area contributed by atoms with E-state index in [0.29, 0.717) is 44.1 Å². The van der Waals surface area contributed by atoms with Crippen molar-refractivity contribution in [3.05, 3.63) is 34.1 Å². The van der Waals surface area contributed by atoms with Crippen LogP contribution >= 0.6 is 23.2 Å². The fourth-order valence-corrected chi connectivity index (χ4v) is 3.48. The van der Waals surface area contributed by atoms with Gasteiger partial charge >= 0.3 is 0 Å². The van der Waals surface area contributed by atoms with Crippen LogP contribution in [-0.2, 0) is 0 Å². The number of fused-ring (bicyclic) bond motifs is 1. The highest BCUT2D eigenvalue weighted by molar-refractivity contribution is 6.36. The van der Waals surface area contributed by atoms with Crippen molar-refractivity contribution in [3.63, 3.8) is 0 Å². The van der Waals surface area contributed by atoms with Crippen molar-refractivity contribution < 1.29 is 9.26 Å². The summed E-state index contributed by atoms with van der Waals surface area (Å²) in [6.45, 7) is 3.88. The lowest BCUT2D eigenvalue weighted by atomic mass is 10.1. The summed E-state index contributed by atoms with van der Waals surface area (Å²) >= 11 is 12.3. The molecule has 0 bridgehead atoms. The van der Waals surface area contributed by atoms with Crippen LogP contribution in [0.5, 0.6) is 5.88 Å². The second-order valence-corrected chi connectivity index (χ2v) is 7.70. The normalized spacial score (nSPS) is 15.4. The minimum Gasteiger partial charge on any atom is -0.472 e. The number of benzene rings is 1. The smallest absolute Gasteiger partial charge is 0.265 e. The summed E-state index contributed by atoms with van der Waals surface area (Å²) in [6.07, 6.45) is 4.93. The zero-order valence-corrected chi connectivity index (χ0v) is 16.1. The second-order valence-electron chi connectivity index (χ2n) is 6.86.